The predicted molar refractivity (Wildman–Crippen MR) is 63.3 cm³/mol. The first-order valence-corrected chi connectivity index (χ1v) is 5.47. The molecule has 1 amide bonds. The molecule has 0 spiro atoms. The summed E-state index contributed by atoms with van der Waals surface area (Å²) < 4.78 is 13.4. The van der Waals surface area contributed by atoms with Crippen molar-refractivity contribution < 1.29 is 9.18 Å². The summed E-state index contributed by atoms with van der Waals surface area (Å²) in [6, 6.07) is 0. The Balaban J connectivity index is 3.44. The van der Waals surface area contributed by atoms with Gasteiger partial charge in [0.2, 0.25) is 5.91 Å². The molecular weight excluding hydrogens is 205 g/mol. The molecule has 0 fully saturated rings. The average Bonchev–Trinajstić information content (AvgIpc) is 2.48. The predicted octanol–water partition coefficient (Wildman–Crippen LogP) is 3.19. The van der Waals surface area contributed by atoms with Gasteiger partial charge in [0.15, 0.2) is 0 Å². The van der Waals surface area contributed by atoms with E-state index in [1.54, 1.807) is 6.08 Å². The minimum atomic E-state index is -0.665. The Bertz CT molecular complexity index is 383. The number of nitrogens with zero attached hydrogens (tertiary/aromatic N) is 1. The van der Waals surface area contributed by atoms with E-state index in [1.807, 2.05) is 20.8 Å². The fourth-order valence-corrected chi connectivity index (χ4v) is 2.18. The first kappa shape index (κ1) is 12.7. The Labute approximate surface area is 96.1 Å². The number of rotatable bonds is 4. The van der Waals surface area contributed by atoms with Gasteiger partial charge in [-0.25, -0.2) is 4.39 Å². The van der Waals surface area contributed by atoms with Crippen molar-refractivity contribution in [1.82, 2.24) is 4.90 Å². The first-order valence-electron chi connectivity index (χ1n) is 5.47. The van der Waals surface area contributed by atoms with Gasteiger partial charge in [0.1, 0.15) is 5.83 Å². The third-order valence-electron chi connectivity index (χ3n) is 3.32. The van der Waals surface area contributed by atoms with Gasteiger partial charge in [-0.2, -0.15) is 0 Å². The van der Waals surface area contributed by atoms with E-state index in [-0.39, 0.29) is 5.91 Å². The third-order valence-corrected chi connectivity index (χ3v) is 3.32. The van der Waals surface area contributed by atoms with Gasteiger partial charge >= 0.3 is 0 Å². The number of carbonyl (C=O) groups is 1. The Morgan fingerprint density at radius 3 is 2.44 bits per heavy atom. The molecule has 0 N–H and O–H groups in total. The molecule has 88 valence electrons. The van der Waals surface area contributed by atoms with Gasteiger partial charge in [-0.3, -0.25) is 4.79 Å². The van der Waals surface area contributed by atoms with Gasteiger partial charge in [-0.1, -0.05) is 26.2 Å². The molecule has 16 heavy (non-hydrogen) atoms. The van der Waals surface area contributed by atoms with Crippen LogP contribution in [-0.2, 0) is 4.79 Å². The van der Waals surface area contributed by atoms with Crippen molar-refractivity contribution in [2.75, 3.05) is 6.54 Å². The van der Waals surface area contributed by atoms with Gasteiger partial charge in [0.25, 0.3) is 0 Å². The van der Waals surface area contributed by atoms with Crippen molar-refractivity contribution in [1.29, 1.82) is 0 Å². The molecule has 1 atom stereocenters. The maximum absolute atomic E-state index is 13.4. The fraction of sp³-hybridized carbons (Fsp3) is 0.462. The number of amides is 1. The van der Waals surface area contributed by atoms with Gasteiger partial charge in [-0.15, -0.1) is 0 Å². The van der Waals surface area contributed by atoms with Crippen molar-refractivity contribution in [3.63, 3.8) is 0 Å². The van der Waals surface area contributed by atoms with E-state index in [1.165, 1.54) is 4.90 Å². The molecule has 0 radical (unpaired) electrons. The fourth-order valence-electron chi connectivity index (χ4n) is 2.18. The zero-order valence-corrected chi connectivity index (χ0v) is 10.1. The second kappa shape index (κ2) is 4.24. The van der Waals surface area contributed by atoms with Crippen LogP contribution in [0.5, 0.6) is 0 Å². The highest BCUT2D eigenvalue weighted by molar-refractivity contribution is 5.92. The molecule has 0 saturated heterocycles. The molecule has 0 saturated carbocycles. The maximum Gasteiger partial charge on any atom is 0.237 e. The minimum Gasteiger partial charge on any atom is -0.309 e. The van der Waals surface area contributed by atoms with E-state index in [4.69, 9.17) is 0 Å². The topological polar surface area (TPSA) is 20.3 Å². The van der Waals surface area contributed by atoms with Crippen molar-refractivity contribution >= 4 is 5.91 Å². The highest BCUT2D eigenvalue weighted by atomic mass is 19.1. The highest BCUT2D eigenvalue weighted by Gasteiger charge is 2.46. The summed E-state index contributed by atoms with van der Waals surface area (Å²) in [5.41, 5.74) is 0.281. The van der Waals surface area contributed by atoms with Crippen LogP contribution >= 0.6 is 0 Å². The third kappa shape index (κ3) is 1.51. The van der Waals surface area contributed by atoms with E-state index < -0.39 is 11.2 Å². The average molecular weight is 223 g/mol. The molecule has 0 aromatic carbocycles. The van der Waals surface area contributed by atoms with Crippen molar-refractivity contribution in [2.45, 2.75) is 27.2 Å². The lowest BCUT2D eigenvalue weighted by molar-refractivity contribution is -0.134. The molecule has 0 aliphatic carbocycles. The zero-order valence-electron chi connectivity index (χ0n) is 10.1. The van der Waals surface area contributed by atoms with E-state index in [0.717, 1.165) is 0 Å². The number of halogens is 1. The molecule has 2 nitrogen and oxygen atoms in total. The van der Waals surface area contributed by atoms with Crippen LogP contribution < -0.4 is 0 Å². The Kier molecular flexibility index (Phi) is 3.36. The standard InChI is InChI=1S/C13H18FNO/c1-6-10-11(9(4)14)15(8-3)12(16)13(10,5)7-2/h6H,1,4,7-8H2,2-3,5H3. The quantitative estimate of drug-likeness (QED) is 0.716. The molecule has 0 aromatic rings. The molecule has 1 aliphatic rings. The zero-order chi connectivity index (χ0) is 12.5. The highest BCUT2D eigenvalue weighted by Crippen LogP contribution is 2.45. The van der Waals surface area contributed by atoms with Gasteiger partial charge in [0, 0.05) is 6.54 Å². The van der Waals surface area contributed by atoms with Crippen LogP contribution in [0.2, 0.25) is 0 Å². The van der Waals surface area contributed by atoms with Crippen LogP contribution in [0.1, 0.15) is 27.2 Å². The summed E-state index contributed by atoms with van der Waals surface area (Å²) in [5.74, 6) is -0.636. The van der Waals surface area contributed by atoms with Gasteiger partial charge in [0.05, 0.1) is 11.1 Å². The molecular formula is C13H18FNO. The number of allylic oxidation sites excluding steroid dienone is 2. The smallest absolute Gasteiger partial charge is 0.237 e. The number of hydrogen-bond acceptors (Lipinski definition) is 1. The Hall–Kier alpha value is -1.38. The second-order valence-corrected chi connectivity index (χ2v) is 4.11. The van der Waals surface area contributed by atoms with Crippen LogP contribution in [-0.4, -0.2) is 17.4 Å². The summed E-state index contributed by atoms with van der Waals surface area (Å²) in [7, 11) is 0. The van der Waals surface area contributed by atoms with Crippen LogP contribution in [0.15, 0.2) is 36.3 Å². The summed E-state index contributed by atoms with van der Waals surface area (Å²) in [4.78, 5) is 13.6. The van der Waals surface area contributed by atoms with Crippen LogP contribution in [0.4, 0.5) is 4.39 Å². The molecule has 3 heteroatoms. The minimum absolute atomic E-state index is 0.0683. The molecule has 0 aromatic heterocycles. The summed E-state index contributed by atoms with van der Waals surface area (Å²) in [6.45, 7) is 13.0. The number of likely N-dealkylation sites (N-methyl/N-ethyl adjacent to an activating group) is 1. The molecule has 1 unspecified atom stereocenters. The van der Waals surface area contributed by atoms with E-state index >= 15 is 0 Å². The SMILES string of the molecule is C=CC1=C(C(=C)F)N(CC)C(=O)C1(C)CC. The van der Waals surface area contributed by atoms with E-state index in [9.17, 15) is 9.18 Å². The van der Waals surface area contributed by atoms with Crippen molar-refractivity contribution in [3.8, 4) is 0 Å². The van der Waals surface area contributed by atoms with E-state index in [0.29, 0.717) is 24.2 Å². The number of hydrogen-bond donors (Lipinski definition) is 0. The lowest BCUT2D eigenvalue weighted by atomic mass is 9.80. The lowest BCUT2D eigenvalue weighted by Gasteiger charge is -2.23. The Morgan fingerprint density at radius 2 is 2.12 bits per heavy atom. The summed E-state index contributed by atoms with van der Waals surface area (Å²) >= 11 is 0. The van der Waals surface area contributed by atoms with Crippen LogP contribution in [0, 0.1) is 5.41 Å². The number of carbonyl (C=O) groups excluding carboxylic acids is 1. The van der Waals surface area contributed by atoms with Crippen LogP contribution in [0.3, 0.4) is 0 Å². The molecule has 0 bridgehead atoms. The monoisotopic (exact) mass is 223 g/mol. The largest absolute Gasteiger partial charge is 0.309 e. The summed E-state index contributed by atoms with van der Waals surface area (Å²) in [5, 5.41) is 0. The van der Waals surface area contributed by atoms with Crippen molar-refractivity contribution in [3.05, 3.63) is 36.3 Å². The molecule has 1 aliphatic heterocycles. The van der Waals surface area contributed by atoms with Gasteiger partial charge < -0.3 is 4.90 Å². The second-order valence-electron chi connectivity index (χ2n) is 4.11. The Morgan fingerprint density at radius 1 is 1.56 bits per heavy atom. The molecule has 1 rings (SSSR count). The summed E-state index contributed by atoms with van der Waals surface area (Å²) in [6.07, 6.45) is 2.19. The van der Waals surface area contributed by atoms with Gasteiger partial charge in [-0.05, 0) is 25.8 Å². The molecule has 1 heterocycles. The first-order chi connectivity index (χ1) is 7.43. The normalized spacial score (nSPS) is 25.2. The van der Waals surface area contributed by atoms with E-state index in [2.05, 4.69) is 13.2 Å². The van der Waals surface area contributed by atoms with Crippen molar-refractivity contribution in [2.24, 2.45) is 5.41 Å². The maximum atomic E-state index is 13.4. The lowest BCUT2D eigenvalue weighted by Crippen LogP contribution is -2.34. The van der Waals surface area contributed by atoms with Crippen LogP contribution in [0.25, 0.3) is 0 Å².